The van der Waals surface area contributed by atoms with E-state index in [2.05, 4.69) is 16.0 Å². The second-order valence-corrected chi connectivity index (χ2v) is 14.7. The molecule has 3 N–H and O–H groups in total. The highest BCUT2D eigenvalue weighted by Crippen LogP contribution is 2.41. The lowest BCUT2D eigenvalue weighted by molar-refractivity contribution is -0.116. The summed E-state index contributed by atoms with van der Waals surface area (Å²) in [5, 5.41) is 9.09. The minimum Gasteiger partial charge on any atom is -0.462 e. The summed E-state index contributed by atoms with van der Waals surface area (Å²) in [4.78, 5) is 55.8. The number of ether oxygens (including phenoxy) is 1. The topological polar surface area (TPSA) is 114 Å². The van der Waals surface area contributed by atoms with E-state index in [9.17, 15) is 19.2 Å². The third-order valence-electron chi connectivity index (χ3n) is 8.28. The molecule has 0 saturated carbocycles. The second-order valence-electron chi connectivity index (χ2n) is 11.9. The summed E-state index contributed by atoms with van der Waals surface area (Å²) < 4.78 is 5.40. The maximum Gasteiger partial charge on any atom is 0.341 e. The molecule has 0 aliphatic heterocycles. The molecule has 52 heavy (non-hydrogen) atoms. The minimum atomic E-state index is -0.688. The molecule has 6 rings (SSSR count). The normalized spacial score (nSPS) is 13.0. The molecule has 1 unspecified atom stereocenters. The van der Waals surface area contributed by atoms with Gasteiger partial charge in [-0.1, -0.05) is 78.3 Å². The zero-order chi connectivity index (χ0) is 36.5. The maximum absolute atomic E-state index is 14.1. The summed E-state index contributed by atoms with van der Waals surface area (Å²) in [5.74, 6) is -1.68. The van der Waals surface area contributed by atoms with Crippen LogP contribution in [0.4, 0.5) is 10.7 Å². The molecule has 0 saturated heterocycles. The number of fused-ring (bicyclic) bond motifs is 1. The molecule has 3 amide bonds. The van der Waals surface area contributed by atoms with Crippen LogP contribution < -0.4 is 16.0 Å². The number of halogens is 1. The van der Waals surface area contributed by atoms with Crippen molar-refractivity contribution in [1.29, 1.82) is 0 Å². The van der Waals surface area contributed by atoms with Crippen LogP contribution in [0.2, 0.25) is 5.02 Å². The SMILES string of the molecule is CCOC(=O)c1c(NC(=O)C(Sc2cccc(NC(=O)/C(=C\c3ccc(Cl)cc3)NC(=O)c3ccccc3)c2)c2ccccc2)sc2c1CCCC2. The lowest BCUT2D eigenvalue weighted by atomic mass is 9.95. The van der Waals surface area contributed by atoms with Gasteiger partial charge in [0.05, 0.1) is 12.2 Å². The number of nitrogens with one attached hydrogen (secondary N) is 3. The van der Waals surface area contributed by atoms with Crippen LogP contribution in [0.25, 0.3) is 6.08 Å². The highest BCUT2D eigenvalue weighted by atomic mass is 35.5. The third-order valence-corrected chi connectivity index (χ3v) is 11.0. The quantitative estimate of drug-likeness (QED) is 0.0666. The molecular weight excluding hydrogens is 714 g/mol. The number of rotatable bonds is 12. The van der Waals surface area contributed by atoms with Crippen molar-refractivity contribution >= 4 is 75.2 Å². The van der Waals surface area contributed by atoms with E-state index in [4.69, 9.17) is 16.3 Å². The molecule has 1 aromatic heterocycles. The molecule has 1 aliphatic rings. The van der Waals surface area contributed by atoms with Crippen LogP contribution >= 0.6 is 34.7 Å². The first-order valence-corrected chi connectivity index (χ1v) is 19.0. The Morgan fingerprint density at radius 2 is 1.58 bits per heavy atom. The first-order chi connectivity index (χ1) is 25.3. The predicted octanol–water partition coefficient (Wildman–Crippen LogP) is 9.34. The van der Waals surface area contributed by atoms with Crippen LogP contribution in [0.15, 0.2) is 120 Å². The summed E-state index contributed by atoms with van der Waals surface area (Å²) >= 11 is 8.84. The lowest BCUT2D eigenvalue weighted by Crippen LogP contribution is -2.30. The van der Waals surface area contributed by atoms with Crippen molar-refractivity contribution in [1.82, 2.24) is 5.32 Å². The largest absolute Gasteiger partial charge is 0.462 e. The van der Waals surface area contributed by atoms with Crippen molar-refractivity contribution < 1.29 is 23.9 Å². The number of thioether (sulfide) groups is 1. The van der Waals surface area contributed by atoms with Crippen LogP contribution in [-0.4, -0.2) is 30.3 Å². The molecule has 8 nitrogen and oxygen atoms in total. The van der Waals surface area contributed by atoms with E-state index in [0.29, 0.717) is 32.4 Å². The van der Waals surface area contributed by atoms with Gasteiger partial charge in [0.2, 0.25) is 5.91 Å². The van der Waals surface area contributed by atoms with Gasteiger partial charge in [0.1, 0.15) is 15.9 Å². The van der Waals surface area contributed by atoms with E-state index < -0.39 is 23.0 Å². The smallest absolute Gasteiger partial charge is 0.341 e. The number of carbonyl (C=O) groups is 4. The summed E-state index contributed by atoms with van der Waals surface area (Å²) in [6.07, 6.45) is 5.24. The fourth-order valence-corrected chi connectivity index (χ4v) is 8.29. The first kappa shape index (κ1) is 36.6. The molecule has 1 aliphatic carbocycles. The van der Waals surface area contributed by atoms with E-state index in [0.717, 1.165) is 46.6 Å². The molecule has 1 heterocycles. The maximum atomic E-state index is 14.1. The number of hydrogen-bond acceptors (Lipinski definition) is 7. The number of benzene rings is 4. The number of amides is 3. The second kappa shape index (κ2) is 17.4. The van der Waals surface area contributed by atoms with E-state index in [1.165, 1.54) is 23.1 Å². The van der Waals surface area contributed by atoms with E-state index in [-0.39, 0.29) is 18.2 Å². The van der Waals surface area contributed by atoms with Gasteiger partial charge in [-0.05, 0) is 97.8 Å². The molecule has 0 bridgehead atoms. The fraction of sp³-hybridized carbons (Fsp3) is 0.171. The van der Waals surface area contributed by atoms with E-state index in [1.54, 1.807) is 85.8 Å². The average molecular weight is 750 g/mol. The van der Waals surface area contributed by atoms with Gasteiger partial charge in [-0.15, -0.1) is 23.1 Å². The highest BCUT2D eigenvalue weighted by Gasteiger charge is 2.30. The zero-order valence-corrected chi connectivity index (χ0v) is 30.7. The Bertz CT molecular complexity index is 2100. The molecule has 0 radical (unpaired) electrons. The molecule has 264 valence electrons. The van der Waals surface area contributed by atoms with Crippen molar-refractivity contribution in [3.63, 3.8) is 0 Å². The Labute approximate surface area is 315 Å². The van der Waals surface area contributed by atoms with Gasteiger partial charge in [-0.3, -0.25) is 14.4 Å². The van der Waals surface area contributed by atoms with Crippen LogP contribution in [0.1, 0.15) is 67.3 Å². The van der Waals surface area contributed by atoms with Gasteiger partial charge in [0.25, 0.3) is 11.8 Å². The highest BCUT2D eigenvalue weighted by molar-refractivity contribution is 8.00. The van der Waals surface area contributed by atoms with Gasteiger partial charge < -0.3 is 20.7 Å². The van der Waals surface area contributed by atoms with Gasteiger partial charge in [-0.25, -0.2) is 4.79 Å². The monoisotopic (exact) mass is 749 g/mol. The number of carbonyl (C=O) groups excluding carboxylic acids is 4. The minimum absolute atomic E-state index is 0.0341. The van der Waals surface area contributed by atoms with Crippen molar-refractivity contribution in [2.24, 2.45) is 0 Å². The first-order valence-electron chi connectivity index (χ1n) is 16.9. The number of esters is 1. The summed E-state index contributed by atoms with van der Waals surface area (Å²) in [6.45, 7) is 2.01. The Kier molecular flexibility index (Phi) is 12.2. The fourth-order valence-electron chi connectivity index (χ4n) is 5.80. The Morgan fingerprint density at radius 1 is 0.865 bits per heavy atom. The number of hydrogen-bond donors (Lipinski definition) is 3. The Balaban J connectivity index is 1.24. The van der Waals surface area contributed by atoms with Crippen molar-refractivity contribution in [3.05, 3.63) is 153 Å². The third kappa shape index (κ3) is 9.19. The number of thiophene rings is 1. The van der Waals surface area contributed by atoms with Crippen LogP contribution in [-0.2, 0) is 27.2 Å². The van der Waals surface area contributed by atoms with Crippen LogP contribution in [0, 0.1) is 0 Å². The van der Waals surface area contributed by atoms with Gasteiger partial charge in [-0.2, -0.15) is 0 Å². The van der Waals surface area contributed by atoms with E-state index >= 15 is 0 Å². The van der Waals surface area contributed by atoms with E-state index in [1.807, 2.05) is 36.4 Å². The Hall–Kier alpha value is -5.16. The molecule has 0 fully saturated rings. The molecule has 11 heteroatoms. The molecule has 4 aromatic carbocycles. The van der Waals surface area contributed by atoms with Gasteiger partial charge >= 0.3 is 5.97 Å². The number of anilines is 2. The average Bonchev–Trinajstić information content (AvgIpc) is 3.53. The van der Waals surface area contributed by atoms with Crippen molar-refractivity contribution in [3.8, 4) is 0 Å². The lowest BCUT2D eigenvalue weighted by Gasteiger charge is -2.18. The number of aryl methyl sites for hydroxylation is 1. The molecule has 0 spiro atoms. The molecular formula is C41H36ClN3O5S2. The molecule has 5 aromatic rings. The van der Waals surface area contributed by atoms with Gasteiger partial charge in [0, 0.05) is 26.0 Å². The standard InChI is InChI=1S/C41H36ClN3O5S2/c1-2-50-41(49)35-32-18-9-10-19-34(32)52-40(35)45-39(48)36(27-12-5-3-6-13-27)51-31-17-11-16-30(25-31)43-38(47)33(24-26-20-22-29(42)23-21-26)44-37(46)28-14-7-4-8-15-28/h3-8,11-17,20-25,36H,2,9-10,18-19H2,1H3,(H,43,47)(H,44,46)(H,45,48)/b33-24+. The summed E-state index contributed by atoms with van der Waals surface area (Å²) in [5.41, 5.74) is 3.77. The summed E-state index contributed by atoms with van der Waals surface area (Å²) in [7, 11) is 0. The van der Waals surface area contributed by atoms with Gasteiger partial charge in [0.15, 0.2) is 0 Å². The predicted molar refractivity (Wildman–Crippen MR) is 209 cm³/mol. The molecule has 1 atom stereocenters. The van der Waals surface area contributed by atoms with Crippen LogP contribution in [0.5, 0.6) is 0 Å². The van der Waals surface area contributed by atoms with Crippen molar-refractivity contribution in [2.75, 3.05) is 17.2 Å². The van der Waals surface area contributed by atoms with Crippen molar-refractivity contribution in [2.45, 2.75) is 42.8 Å². The zero-order valence-electron chi connectivity index (χ0n) is 28.3. The summed E-state index contributed by atoms with van der Waals surface area (Å²) in [6, 6.07) is 32.1. The Morgan fingerprint density at radius 3 is 2.31 bits per heavy atom. The van der Waals surface area contributed by atoms with Crippen LogP contribution in [0.3, 0.4) is 0 Å².